The SMILES string of the molecule is c1ccc(-c2nc(-c3ccc(-c4c(-c5ccccc5)nn5c(-c6ccccc6)cc6ccccc6c45)cc3)cc(-c3cccc4c3oc3ccccc34)n2)cc1.c1ccc(-c2nc(-c3ccc(-c4c(-c5ccccc5)nn5c(-c6ccccc6)cc6ccccc6c45)cc3)cc(-c3cccc4oc5ccccc5c34)n2)cc1. The van der Waals surface area contributed by atoms with E-state index in [2.05, 4.69) is 306 Å². The van der Waals surface area contributed by atoms with Crippen LogP contribution in [0.5, 0.6) is 0 Å². The number of nitrogens with zero attached hydrogens (tertiary/aromatic N) is 8. The van der Waals surface area contributed by atoms with Gasteiger partial charge in [0.05, 0.1) is 45.2 Å². The monoisotopic (exact) mass is 1430 g/mol. The van der Waals surface area contributed by atoms with Crippen LogP contribution in [0.1, 0.15) is 0 Å². The Morgan fingerprint density at radius 3 is 1.05 bits per heavy atom. The minimum absolute atomic E-state index is 0.657. The summed E-state index contributed by atoms with van der Waals surface area (Å²) in [6, 6.07) is 134. The van der Waals surface area contributed by atoms with Gasteiger partial charge >= 0.3 is 0 Å². The number of furan rings is 2. The molecule has 0 aliphatic carbocycles. The van der Waals surface area contributed by atoms with Crippen LogP contribution in [0.4, 0.5) is 0 Å². The standard InChI is InChI=1S/2C51H32N4O/c1-4-15-34(16-5-1)45-31-38-21-10-11-22-39(38)49-47(48(54-55(45)49)36-17-6-2-7-18-36)35-29-27-33(28-30-35)43-32-44(53-51(52-43)37-19-8-3-9-20-37)42-25-14-24-41-40-23-12-13-26-46(40)56-50(41)42;1-4-15-34(16-5-1)44-31-38-21-10-11-22-39(38)50-47(49(54-55(44)50)36-17-6-2-7-18-36)35-29-27-33(28-30-35)42-32-43(53-51(52-42)37-19-8-3-9-20-37)40-24-14-26-46-48(40)41-23-12-13-25-45(41)56-46/h2*1-32H. The van der Waals surface area contributed by atoms with Gasteiger partial charge in [0, 0.05) is 99.1 Å². The quantitative estimate of drug-likeness (QED) is 0.119. The molecular weight excluding hydrogens is 1370 g/mol. The maximum absolute atomic E-state index is 6.47. The molecule has 112 heavy (non-hydrogen) atoms. The van der Waals surface area contributed by atoms with E-state index >= 15 is 0 Å². The van der Waals surface area contributed by atoms with Gasteiger partial charge in [-0.3, -0.25) is 0 Å². The van der Waals surface area contributed by atoms with Crippen LogP contribution in [0.25, 0.3) is 212 Å². The summed E-state index contributed by atoms with van der Waals surface area (Å²) in [6.07, 6.45) is 0. The molecule has 0 aliphatic rings. The fourth-order valence-corrected chi connectivity index (χ4v) is 16.0. The third kappa shape index (κ3) is 11.5. The topological polar surface area (TPSA) is 112 Å². The van der Waals surface area contributed by atoms with E-state index in [1.807, 2.05) is 91.0 Å². The predicted molar refractivity (Wildman–Crippen MR) is 456 cm³/mol. The molecule has 22 rings (SSSR count). The van der Waals surface area contributed by atoms with Gasteiger partial charge in [-0.25, -0.2) is 29.0 Å². The number of para-hydroxylation sites is 3. The minimum atomic E-state index is 0.657. The van der Waals surface area contributed by atoms with Gasteiger partial charge in [-0.05, 0) is 70.4 Å². The van der Waals surface area contributed by atoms with E-state index in [4.69, 9.17) is 39.0 Å². The van der Waals surface area contributed by atoms with Gasteiger partial charge in [0.25, 0.3) is 0 Å². The van der Waals surface area contributed by atoms with Crippen LogP contribution in [0.15, 0.2) is 397 Å². The smallest absolute Gasteiger partial charge is 0.160 e. The summed E-state index contributed by atoms with van der Waals surface area (Å²) in [6.45, 7) is 0. The Morgan fingerprint density at radius 2 is 0.571 bits per heavy atom. The van der Waals surface area contributed by atoms with Crippen molar-refractivity contribution in [3.63, 3.8) is 0 Å². The molecule has 524 valence electrons. The lowest BCUT2D eigenvalue weighted by atomic mass is 9.95. The lowest BCUT2D eigenvalue weighted by Gasteiger charge is -2.12. The molecule has 0 spiro atoms. The number of rotatable bonds is 12. The second-order valence-corrected chi connectivity index (χ2v) is 28.0. The Kier molecular flexibility index (Phi) is 16.0. The van der Waals surface area contributed by atoms with Gasteiger partial charge in [0.15, 0.2) is 11.6 Å². The summed E-state index contributed by atoms with van der Waals surface area (Å²) in [5.41, 5.74) is 27.2. The average Bonchev–Trinajstić information content (AvgIpc) is 1.57. The molecule has 8 aromatic heterocycles. The van der Waals surface area contributed by atoms with Crippen molar-refractivity contribution in [2.75, 3.05) is 0 Å². The lowest BCUT2D eigenvalue weighted by molar-refractivity contribution is 0.669. The molecule has 0 amide bonds. The van der Waals surface area contributed by atoms with E-state index in [1.165, 1.54) is 5.39 Å². The predicted octanol–water partition coefficient (Wildman–Crippen LogP) is 26.4. The van der Waals surface area contributed by atoms with E-state index in [9.17, 15) is 0 Å². The minimum Gasteiger partial charge on any atom is -0.456 e. The van der Waals surface area contributed by atoms with Crippen LogP contribution in [-0.2, 0) is 0 Å². The molecule has 0 unspecified atom stereocenters. The summed E-state index contributed by atoms with van der Waals surface area (Å²) in [5, 5.41) is 19.7. The van der Waals surface area contributed by atoms with Crippen molar-refractivity contribution in [2.45, 2.75) is 0 Å². The van der Waals surface area contributed by atoms with Gasteiger partial charge in [0.1, 0.15) is 33.7 Å². The van der Waals surface area contributed by atoms with Crippen LogP contribution < -0.4 is 0 Å². The molecule has 8 heterocycles. The first-order chi connectivity index (χ1) is 55.5. The Bertz CT molecular complexity index is 7320. The Labute approximate surface area is 643 Å². The first-order valence-corrected chi connectivity index (χ1v) is 37.6. The maximum atomic E-state index is 6.47. The number of hydrogen-bond acceptors (Lipinski definition) is 8. The third-order valence-corrected chi connectivity index (χ3v) is 21.3. The zero-order chi connectivity index (χ0) is 74.0. The second kappa shape index (κ2) is 27.5. The van der Waals surface area contributed by atoms with Crippen molar-refractivity contribution in [3.05, 3.63) is 388 Å². The van der Waals surface area contributed by atoms with E-state index in [-0.39, 0.29) is 0 Å². The highest BCUT2D eigenvalue weighted by atomic mass is 16.3. The highest BCUT2D eigenvalue weighted by molar-refractivity contribution is 6.14. The van der Waals surface area contributed by atoms with Gasteiger partial charge in [-0.1, -0.05) is 340 Å². The molecular formula is C102H64N8O2. The Balaban J connectivity index is 0.000000141. The second-order valence-electron chi connectivity index (χ2n) is 28.0. The molecule has 0 fully saturated rings. The number of aromatic nitrogens is 8. The summed E-state index contributed by atoms with van der Waals surface area (Å²) < 4.78 is 17.0. The van der Waals surface area contributed by atoms with E-state index in [1.54, 1.807) is 0 Å². The number of fused-ring (bicyclic) bond motifs is 12. The molecule has 0 atom stereocenters. The zero-order valence-corrected chi connectivity index (χ0v) is 60.3. The fourth-order valence-electron chi connectivity index (χ4n) is 16.0. The van der Waals surface area contributed by atoms with Crippen molar-refractivity contribution < 1.29 is 8.83 Å². The van der Waals surface area contributed by atoms with Crippen LogP contribution in [0.2, 0.25) is 0 Å². The van der Waals surface area contributed by atoms with Gasteiger partial charge in [-0.2, -0.15) is 10.2 Å². The molecule has 0 radical (unpaired) electrons. The molecule has 10 nitrogen and oxygen atoms in total. The van der Waals surface area contributed by atoms with Crippen LogP contribution in [0, 0.1) is 0 Å². The van der Waals surface area contributed by atoms with Crippen molar-refractivity contribution >= 4 is 76.5 Å². The van der Waals surface area contributed by atoms with E-state index < -0.39 is 0 Å². The van der Waals surface area contributed by atoms with Gasteiger partial charge in [-0.15, -0.1) is 0 Å². The largest absolute Gasteiger partial charge is 0.456 e. The van der Waals surface area contributed by atoms with Crippen LogP contribution in [0.3, 0.4) is 0 Å². The Hall–Kier alpha value is -15.3. The molecule has 10 heteroatoms. The average molecular weight is 1430 g/mol. The van der Waals surface area contributed by atoms with Crippen LogP contribution >= 0.6 is 0 Å². The summed E-state index contributed by atoms with van der Waals surface area (Å²) in [5.74, 6) is 1.32. The maximum Gasteiger partial charge on any atom is 0.160 e. The highest BCUT2D eigenvalue weighted by Gasteiger charge is 2.26. The molecule has 0 aliphatic heterocycles. The molecule has 0 N–H and O–H groups in total. The van der Waals surface area contributed by atoms with Crippen molar-refractivity contribution in [3.8, 4) is 135 Å². The summed E-state index contributed by atoms with van der Waals surface area (Å²) in [4.78, 5) is 20.6. The zero-order valence-electron chi connectivity index (χ0n) is 60.3. The van der Waals surface area contributed by atoms with Gasteiger partial charge in [0.2, 0.25) is 0 Å². The molecule has 0 bridgehead atoms. The fraction of sp³-hybridized carbons (Fsp3) is 0. The van der Waals surface area contributed by atoms with Crippen LogP contribution in [-0.4, -0.2) is 39.2 Å². The van der Waals surface area contributed by atoms with Crippen molar-refractivity contribution in [1.82, 2.24) is 39.2 Å². The Morgan fingerprint density at radius 1 is 0.223 bits per heavy atom. The number of hydrogen-bond donors (Lipinski definition) is 0. The van der Waals surface area contributed by atoms with Crippen molar-refractivity contribution in [2.24, 2.45) is 0 Å². The van der Waals surface area contributed by atoms with E-state index in [0.717, 1.165) is 195 Å². The molecule has 14 aromatic carbocycles. The molecule has 0 saturated carbocycles. The first-order valence-electron chi connectivity index (χ1n) is 37.6. The summed E-state index contributed by atoms with van der Waals surface area (Å²) >= 11 is 0. The lowest BCUT2D eigenvalue weighted by Crippen LogP contribution is -1.96. The highest BCUT2D eigenvalue weighted by Crippen LogP contribution is 2.46. The normalized spacial score (nSPS) is 11.6. The summed E-state index contributed by atoms with van der Waals surface area (Å²) in [7, 11) is 0. The first kappa shape index (κ1) is 65.1. The van der Waals surface area contributed by atoms with E-state index in [0.29, 0.717) is 11.6 Å². The molecule has 22 aromatic rings. The third-order valence-electron chi connectivity index (χ3n) is 21.3. The van der Waals surface area contributed by atoms with Gasteiger partial charge < -0.3 is 8.83 Å². The van der Waals surface area contributed by atoms with Crippen molar-refractivity contribution in [1.29, 1.82) is 0 Å². The molecule has 0 saturated heterocycles. The number of pyridine rings is 2. The number of benzene rings is 14.